The zero-order valence-corrected chi connectivity index (χ0v) is 15.8. The molecular formula is C18H11Cl2F2N3OS. The molecule has 4 rings (SSSR count). The fraction of sp³-hybridized carbons (Fsp3) is 0.0556. The molecule has 0 radical (unpaired) electrons. The fourth-order valence-electron chi connectivity index (χ4n) is 2.68. The van der Waals surface area contributed by atoms with Crippen molar-refractivity contribution in [1.82, 2.24) is 10.3 Å². The summed E-state index contributed by atoms with van der Waals surface area (Å²) in [4.78, 5) is 1.86. The number of amidine groups is 1. The number of para-hydroxylation sites is 1. The zero-order valence-electron chi connectivity index (χ0n) is 13.5. The molecule has 138 valence electrons. The first-order chi connectivity index (χ1) is 13.0. The third-order valence-electron chi connectivity index (χ3n) is 3.88. The summed E-state index contributed by atoms with van der Waals surface area (Å²) < 4.78 is 30.0. The van der Waals surface area contributed by atoms with Crippen molar-refractivity contribution in [3.05, 3.63) is 75.2 Å². The van der Waals surface area contributed by atoms with Crippen molar-refractivity contribution in [3.63, 3.8) is 0 Å². The van der Waals surface area contributed by atoms with Crippen LogP contribution in [-0.2, 0) is 0 Å². The number of hydrogen-bond acceptors (Lipinski definition) is 5. The van der Waals surface area contributed by atoms with E-state index in [0.717, 1.165) is 11.3 Å². The number of ether oxygens (including phenoxy) is 1. The second kappa shape index (κ2) is 7.42. The largest absolute Gasteiger partial charge is 0.434 e. The van der Waals surface area contributed by atoms with Gasteiger partial charge in [0.2, 0.25) is 0 Å². The normalized spacial score (nSPS) is 15.7. The summed E-state index contributed by atoms with van der Waals surface area (Å²) >= 11 is 13.6. The number of thioether (sulfide) groups is 1. The Labute approximate surface area is 168 Å². The summed E-state index contributed by atoms with van der Waals surface area (Å²) in [6, 6.07) is 11.9. The molecule has 0 spiro atoms. The second-order valence-electron chi connectivity index (χ2n) is 5.54. The van der Waals surface area contributed by atoms with Crippen molar-refractivity contribution in [3.8, 4) is 5.75 Å². The summed E-state index contributed by atoms with van der Waals surface area (Å²) in [5.41, 5.74) is 5.61. The Morgan fingerprint density at radius 2 is 1.93 bits per heavy atom. The highest BCUT2D eigenvalue weighted by molar-refractivity contribution is 8.16. The van der Waals surface area contributed by atoms with Crippen molar-refractivity contribution in [2.75, 3.05) is 0 Å². The lowest BCUT2D eigenvalue weighted by atomic mass is 10.1. The molecule has 0 atom stereocenters. The quantitative estimate of drug-likeness (QED) is 0.669. The van der Waals surface area contributed by atoms with E-state index in [1.54, 1.807) is 36.5 Å². The van der Waals surface area contributed by atoms with E-state index in [2.05, 4.69) is 15.3 Å². The Morgan fingerprint density at radius 1 is 1.11 bits per heavy atom. The molecule has 0 fully saturated rings. The molecule has 0 aliphatic carbocycles. The summed E-state index contributed by atoms with van der Waals surface area (Å²) in [5, 5.41) is 7.86. The van der Waals surface area contributed by atoms with Crippen LogP contribution in [0.5, 0.6) is 5.75 Å². The highest BCUT2D eigenvalue weighted by atomic mass is 35.5. The Hall–Kier alpha value is -2.22. The van der Waals surface area contributed by atoms with Crippen molar-refractivity contribution in [1.29, 1.82) is 0 Å². The van der Waals surface area contributed by atoms with Gasteiger partial charge in [-0.15, -0.1) is 5.10 Å². The van der Waals surface area contributed by atoms with Crippen LogP contribution in [0, 0.1) is 0 Å². The van der Waals surface area contributed by atoms with E-state index in [1.165, 1.54) is 17.8 Å². The van der Waals surface area contributed by atoms with Crippen molar-refractivity contribution < 1.29 is 13.5 Å². The number of nitrogens with zero attached hydrogens (tertiary/aromatic N) is 2. The van der Waals surface area contributed by atoms with Crippen molar-refractivity contribution >= 4 is 51.5 Å². The SMILES string of the molecule is FC(F)Oc1ccccc1C1=CN2C(c3ccc(Cl)c(Cl)c3)=CSC2=NN1. The van der Waals surface area contributed by atoms with Crippen molar-refractivity contribution in [2.24, 2.45) is 5.10 Å². The molecule has 0 saturated carbocycles. The zero-order chi connectivity index (χ0) is 19.0. The van der Waals surface area contributed by atoms with Gasteiger partial charge in [0, 0.05) is 22.7 Å². The van der Waals surface area contributed by atoms with E-state index >= 15 is 0 Å². The van der Waals surface area contributed by atoms with Gasteiger partial charge in [0.1, 0.15) is 5.75 Å². The van der Waals surface area contributed by atoms with Crippen LogP contribution in [0.4, 0.5) is 8.78 Å². The molecule has 2 aliphatic heterocycles. The average Bonchev–Trinajstić information content (AvgIpc) is 3.07. The number of nitrogens with one attached hydrogen (secondary N) is 1. The van der Waals surface area contributed by atoms with Gasteiger partial charge in [-0.2, -0.15) is 8.78 Å². The van der Waals surface area contributed by atoms with Gasteiger partial charge in [-0.25, -0.2) is 0 Å². The predicted octanol–water partition coefficient (Wildman–Crippen LogP) is 5.81. The van der Waals surface area contributed by atoms with E-state index in [1.807, 2.05) is 16.4 Å². The minimum absolute atomic E-state index is 0.0665. The maximum Gasteiger partial charge on any atom is 0.387 e. The molecule has 1 N–H and O–H groups in total. The number of hydrazone groups is 1. The van der Waals surface area contributed by atoms with Crippen LogP contribution in [-0.4, -0.2) is 16.7 Å². The van der Waals surface area contributed by atoms with E-state index < -0.39 is 6.61 Å². The summed E-state index contributed by atoms with van der Waals surface area (Å²) in [6.07, 6.45) is 1.78. The molecule has 2 heterocycles. The van der Waals surface area contributed by atoms with E-state index in [4.69, 9.17) is 23.2 Å². The van der Waals surface area contributed by atoms with Gasteiger partial charge in [0.05, 0.1) is 21.4 Å². The lowest BCUT2D eigenvalue weighted by molar-refractivity contribution is -0.0500. The van der Waals surface area contributed by atoms with E-state index in [9.17, 15) is 8.78 Å². The number of rotatable bonds is 4. The number of alkyl halides is 2. The Bertz CT molecular complexity index is 994. The van der Waals surface area contributed by atoms with Crippen LogP contribution in [0.25, 0.3) is 11.4 Å². The third-order valence-corrected chi connectivity index (χ3v) is 5.46. The fourth-order valence-corrected chi connectivity index (χ4v) is 3.80. The summed E-state index contributed by atoms with van der Waals surface area (Å²) in [7, 11) is 0. The van der Waals surface area contributed by atoms with Crippen LogP contribution >= 0.6 is 35.0 Å². The number of benzene rings is 2. The summed E-state index contributed by atoms with van der Waals surface area (Å²) in [6.45, 7) is -2.91. The van der Waals surface area contributed by atoms with Crippen LogP contribution in [0.3, 0.4) is 0 Å². The molecule has 2 aromatic carbocycles. The smallest absolute Gasteiger partial charge is 0.387 e. The van der Waals surface area contributed by atoms with Gasteiger partial charge in [0.15, 0.2) is 5.17 Å². The van der Waals surface area contributed by atoms with Crippen LogP contribution < -0.4 is 10.2 Å². The average molecular weight is 426 g/mol. The maximum atomic E-state index is 12.7. The third kappa shape index (κ3) is 3.63. The molecule has 0 saturated heterocycles. The topological polar surface area (TPSA) is 36.9 Å². The van der Waals surface area contributed by atoms with Gasteiger partial charge >= 0.3 is 6.61 Å². The minimum atomic E-state index is -2.91. The summed E-state index contributed by atoms with van der Waals surface area (Å²) in [5.74, 6) is 0.0665. The van der Waals surface area contributed by atoms with Gasteiger partial charge in [-0.1, -0.05) is 53.2 Å². The van der Waals surface area contributed by atoms with Crippen molar-refractivity contribution in [2.45, 2.75) is 6.61 Å². The lowest BCUT2D eigenvalue weighted by Crippen LogP contribution is -2.26. The monoisotopic (exact) mass is 425 g/mol. The Kier molecular flexibility index (Phi) is 4.99. The molecule has 2 aromatic rings. The highest BCUT2D eigenvalue weighted by Crippen LogP contribution is 2.39. The molecule has 9 heteroatoms. The number of halogens is 4. The van der Waals surface area contributed by atoms with Crippen LogP contribution in [0.2, 0.25) is 10.0 Å². The first-order valence-electron chi connectivity index (χ1n) is 7.74. The predicted molar refractivity (Wildman–Crippen MR) is 105 cm³/mol. The van der Waals surface area contributed by atoms with Crippen LogP contribution in [0.15, 0.2) is 59.2 Å². The molecule has 27 heavy (non-hydrogen) atoms. The Morgan fingerprint density at radius 3 is 2.70 bits per heavy atom. The molecule has 4 nitrogen and oxygen atoms in total. The molecule has 0 amide bonds. The lowest BCUT2D eigenvalue weighted by Gasteiger charge is -2.25. The second-order valence-corrected chi connectivity index (χ2v) is 7.19. The number of fused-ring (bicyclic) bond motifs is 1. The van der Waals surface area contributed by atoms with Crippen LogP contribution in [0.1, 0.15) is 11.1 Å². The van der Waals surface area contributed by atoms with Gasteiger partial charge in [-0.3, -0.25) is 10.3 Å². The highest BCUT2D eigenvalue weighted by Gasteiger charge is 2.27. The first-order valence-corrected chi connectivity index (χ1v) is 9.37. The van der Waals surface area contributed by atoms with Gasteiger partial charge in [0.25, 0.3) is 0 Å². The standard InChI is InChI=1S/C18H11Cl2F2N3OS/c19-12-6-5-10(7-13(12)20)15-9-27-18-24-23-14(8-25(15)18)11-3-1-2-4-16(11)26-17(21)22/h1-9,17,23H. The molecule has 2 aliphatic rings. The first kappa shape index (κ1) is 18.2. The Balaban J connectivity index is 1.69. The van der Waals surface area contributed by atoms with Gasteiger partial charge in [-0.05, 0) is 24.3 Å². The van der Waals surface area contributed by atoms with E-state index in [0.29, 0.717) is 26.5 Å². The minimum Gasteiger partial charge on any atom is -0.434 e. The number of hydrogen-bond donors (Lipinski definition) is 1. The molecule has 0 unspecified atom stereocenters. The van der Waals surface area contributed by atoms with Gasteiger partial charge < -0.3 is 4.74 Å². The maximum absolute atomic E-state index is 12.7. The van der Waals surface area contributed by atoms with E-state index in [-0.39, 0.29) is 5.75 Å². The molecular weight excluding hydrogens is 415 g/mol. The molecule has 0 bridgehead atoms. The molecule has 0 aromatic heterocycles.